The van der Waals surface area contributed by atoms with Gasteiger partial charge in [0.2, 0.25) is 0 Å². The van der Waals surface area contributed by atoms with Gasteiger partial charge in [-0.3, -0.25) is 0 Å². The summed E-state index contributed by atoms with van der Waals surface area (Å²) in [5.41, 5.74) is 8.27. The van der Waals surface area contributed by atoms with Gasteiger partial charge in [0.25, 0.3) is 0 Å². The minimum absolute atomic E-state index is 0.0537. The van der Waals surface area contributed by atoms with E-state index in [4.69, 9.17) is 52.4 Å². The third-order valence-corrected chi connectivity index (χ3v) is 8.42. The van der Waals surface area contributed by atoms with E-state index in [-0.39, 0.29) is 13.2 Å². The topological polar surface area (TPSA) is 101 Å². The van der Waals surface area contributed by atoms with Crippen LogP contribution < -0.4 is 29.6 Å². The maximum atomic E-state index is 9.06. The number of ether oxygens (including phenoxy) is 4. The average molecular weight is 670 g/mol. The van der Waals surface area contributed by atoms with Crippen LogP contribution in [0.2, 0.25) is 10.0 Å². The van der Waals surface area contributed by atoms with Gasteiger partial charge in [-0.1, -0.05) is 59.6 Å². The summed E-state index contributed by atoms with van der Waals surface area (Å²) in [6, 6.07) is 19.7. The third kappa shape index (κ3) is 8.85. The number of halogens is 2. The monoisotopic (exact) mass is 668 g/mol. The van der Waals surface area contributed by atoms with E-state index in [0.717, 1.165) is 44.5 Å². The summed E-state index contributed by atoms with van der Waals surface area (Å²) in [5, 5.41) is 25.4. The minimum atomic E-state index is 0.0537. The lowest BCUT2D eigenvalue weighted by Gasteiger charge is -2.18. The summed E-state index contributed by atoms with van der Waals surface area (Å²) in [6.07, 6.45) is 0. The molecule has 0 aliphatic rings. The Labute approximate surface area is 281 Å². The molecule has 0 saturated carbocycles. The predicted molar refractivity (Wildman–Crippen MR) is 184 cm³/mol. The van der Waals surface area contributed by atoms with Gasteiger partial charge in [-0.05, 0) is 59.4 Å². The molecule has 0 fully saturated rings. The zero-order chi connectivity index (χ0) is 33.1. The standard InChI is InChI=1S/C36H42Cl2N2O6/c1-23-25(21-45-35-17-33(43-3)27(15-31(35)37)19-39-11-13-41)7-5-9-29(23)30-10-6-8-26(24(30)2)22-46-36-18-34(44-4)28(16-32(36)38)20-40-12-14-42/h5-10,15-18,39-42H,11-14,19-22H2,1-4H3. The molecule has 4 aromatic rings. The lowest BCUT2D eigenvalue weighted by molar-refractivity contribution is 0.290. The number of aliphatic hydroxyl groups excluding tert-OH is 2. The van der Waals surface area contributed by atoms with Crippen molar-refractivity contribution in [2.24, 2.45) is 0 Å². The number of benzene rings is 4. The Kier molecular flexibility index (Phi) is 13.4. The fourth-order valence-corrected chi connectivity index (χ4v) is 5.69. The number of hydrogen-bond acceptors (Lipinski definition) is 8. The summed E-state index contributed by atoms with van der Waals surface area (Å²) in [5.74, 6) is 2.40. The van der Waals surface area contributed by atoms with Crippen LogP contribution in [-0.2, 0) is 26.3 Å². The Morgan fingerprint density at radius 3 is 1.37 bits per heavy atom. The van der Waals surface area contributed by atoms with Crippen molar-refractivity contribution in [3.05, 3.63) is 104 Å². The summed E-state index contributed by atoms with van der Waals surface area (Å²) in [7, 11) is 3.22. The Morgan fingerprint density at radius 1 is 0.587 bits per heavy atom. The highest BCUT2D eigenvalue weighted by molar-refractivity contribution is 6.32. The van der Waals surface area contributed by atoms with Gasteiger partial charge in [0, 0.05) is 49.4 Å². The molecule has 10 heteroatoms. The Morgan fingerprint density at radius 2 is 1.00 bits per heavy atom. The van der Waals surface area contributed by atoms with Crippen molar-refractivity contribution >= 4 is 23.2 Å². The maximum Gasteiger partial charge on any atom is 0.142 e. The molecule has 246 valence electrons. The number of rotatable bonds is 17. The van der Waals surface area contributed by atoms with Crippen molar-refractivity contribution in [2.45, 2.75) is 40.2 Å². The smallest absolute Gasteiger partial charge is 0.142 e. The molecule has 0 atom stereocenters. The molecular weight excluding hydrogens is 627 g/mol. The molecule has 0 amide bonds. The zero-order valence-corrected chi connectivity index (χ0v) is 28.2. The van der Waals surface area contributed by atoms with E-state index < -0.39 is 0 Å². The van der Waals surface area contributed by atoms with Gasteiger partial charge in [-0.15, -0.1) is 0 Å². The quantitative estimate of drug-likeness (QED) is 0.0932. The molecular formula is C36H42Cl2N2O6. The van der Waals surface area contributed by atoms with Crippen LogP contribution in [0.3, 0.4) is 0 Å². The van der Waals surface area contributed by atoms with Crippen molar-refractivity contribution in [2.75, 3.05) is 40.5 Å². The van der Waals surface area contributed by atoms with Crippen LogP contribution in [0.15, 0.2) is 60.7 Å². The molecule has 0 aliphatic heterocycles. The second kappa shape index (κ2) is 17.4. The molecule has 46 heavy (non-hydrogen) atoms. The fourth-order valence-electron chi connectivity index (χ4n) is 5.21. The van der Waals surface area contributed by atoms with Crippen LogP contribution in [0.1, 0.15) is 33.4 Å². The van der Waals surface area contributed by atoms with E-state index in [1.807, 2.05) is 24.3 Å². The van der Waals surface area contributed by atoms with E-state index in [1.54, 1.807) is 26.4 Å². The number of methoxy groups -OCH3 is 2. The number of nitrogens with one attached hydrogen (secondary N) is 2. The van der Waals surface area contributed by atoms with Gasteiger partial charge in [-0.25, -0.2) is 0 Å². The first-order valence-electron chi connectivity index (χ1n) is 15.1. The highest BCUT2D eigenvalue weighted by Crippen LogP contribution is 2.36. The highest BCUT2D eigenvalue weighted by atomic mass is 35.5. The fraction of sp³-hybridized carbons (Fsp3) is 0.333. The lowest BCUT2D eigenvalue weighted by Crippen LogP contribution is -2.18. The largest absolute Gasteiger partial charge is 0.496 e. The van der Waals surface area contributed by atoms with Crippen LogP contribution in [0.25, 0.3) is 11.1 Å². The molecule has 0 bridgehead atoms. The van der Waals surface area contributed by atoms with Crippen molar-refractivity contribution in [1.29, 1.82) is 0 Å². The molecule has 4 N–H and O–H groups in total. The first-order valence-corrected chi connectivity index (χ1v) is 15.9. The van der Waals surface area contributed by atoms with E-state index in [2.05, 4.69) is 48.7 Å². The molecule has 0 radical (unpaired) electrons. The second-order valence-corrected chi connectivity index (χ2v) is 11.6. The molecule has 0 heterocycles. The van der Waals surface area contributed by atoms with Crippen molar-refractivity contribution in [3.63, 3.8) is 0 Å². The first-order chi connectivity index (χ1) is 22.3. The van der Waals surface area contributed by atoms with Crippen LogP contribution >= 0.6 is 23.2 Å². The van der Waals surface area contributed by atoms with Gasteiger partial charge < -0.3 is 39.8 Å². The Bertz CT molecular complexity index is 1500. The molecule has 0 unspecified atom stereocenters. The molecule has 0 aromatic heterocycles. The normalized spacial score (nSPS) is 11.0. The van der Waals surface area contributed by atoms with E-state index >= 15 is 0 Å². The van der Waals surface area contributed by atoms with Gasteiger partial charge in [-0.2, -0.15) is 0 Å². The summed E-state index contributed by atoms with van der Waals surface area (Å²) < 4.78 is 23.5. The first kappa shape index (κ1) is 35.4. The molecule has 8 nitrogen and oxygen atoms in total. The Hall–Kier alpha value is -3.50. The van der Waals surface area contributed by atoms with E-state index in [0.29, 0.717) is 72.4 Å². The van der Waals surface area contributed by atoms with Crippen molar-refractivity contribution < 1.29 is 29.2 Å². The SMILES string of the molecule is COc1cc(OCc2cccc(-c3cccc(COc4cc(OC)c(CNCCO)cc4Cl)c3C)c2C)c(Cl)cc1CNCCO. The molecule has 4 aromatic carbocycles. The second-order valence-electron chi connectivity index (χ2n) is 10.7. The maximum absolute atomic E-state index is 9.06. The van der Waals surface area contributed by atoms with Crippen LogP contribution in [0.5, 0.6) is 23.0 Å². The molecule has 0 aliphatic carbocycles. The van der Waals surface area contributed by atoms with Gasteiger partial charge >= 0.3 is 0 Å². The van der Waals surface area contributed by atoms with E-state index in [9.17, 15) is 0 Å². The van der Waals surface area contributed by atoms with Crippen LogP contribution in [0, 0.1) is 13.8 Å². The van der Waals surface area contributed by atoms with E-state index in [1.165, 1.54) is 0 Å². The molecule has 4 rings (SSSR count). The zero-order valence-electron chi connectivity index (χ0n) is 26.7. The minimum Gasteiger partial charge on any atom is -0.496 e. The van der Waals surface area contributed by atoms with Gasteiger partial charge in [0.15, 0.2) is 0 Å². The lowest BCUT2D eigenvalue weighted by atomic mass is 9.92. The number of hydrogen-bond donors (Lipinski definition) is 4. The van der Waals surface area contributed by atoms with Crippen molar-refractivity contribution in [1.82, 2.24) is 10.6 Å². The molecule has 0 spiro atoms. The predicted octanol–water partition coefficient (Wildman–Crippen LogP) is 6.62. The third-order valence-electron chi connectivity index (χ3n) is 7.83. The summed E-state index contributed by atoms with van der Waals surface area (Å²) >= 11 is 13.2. The average Bonchev–Trinajstić information content (AvgIpc) is 3.05. The van der Waals surface area contributed by atoms with Crippen molar-refractivity contribution in [3.8, 4) is 34.1 Å². The Balaban J connectivity index is 1.50. The molecule has 0 saturated heterocycles. The van der Waals surface area contributed by atoms with Crippen LogP contribution in [0.4, 0.5) is 0 Å². The van der Waals surface area contributed by atoms with Gasteiger partial charge in [0.05, 0.1) is 37.5 Å². The summed E-state index contributed by atoms with van der Waals surface area (Å²) in [6.45, 7) is 6.96. The van der Waals surface area contributed by atoms with Gasteiger partial charge in [0.1, 0.15) is 36.2 Å². The summed E-state index contributed by atoms with van der Waals surface area (Å²) in [4.78, 5) is 0. The highest BCUT2D eigenvalue weighted by Gasteiger charge is 2.16. The van der Waals surface area contributed by atoms with Crippen LogP contribution in [-0.4, -0.2) is 50.7 Å². The number of aliphatic hydroxyl groups is 2.